The Balaban J connectivity index is 2.20. The molecule has 0 spiro atoms. The highest BCUT2D eigenvalue weighted by molar-refractivity contribution is 6.17. The minimum atomic E-state index is 0.247. The Labute approximate surface area is 78.2 Å². The molecule has 1 saturated heterocycles. The van der Waals surface area contributed by atoms with Crippen LogP contribution < -0.4 is 0 Å². The zero-order valence-corrected chi connectivity index (χ0v) is 7.89. The average Bonchev–Trinajstić information content (AvgIpc) is 2.46. The highest BCUT2D eigenvalue weighted by Crippen LogP contribution is 2.09. The Morgan fingerprint density at radius 1 is 1.58 bits per heavy atom. The van der Waals surface area contributed by atoms with Crippen molar-refractivity contribution in [1.29, 1.82) is 0 Å². The molecule has 0 radical (unpaired) electrons. The highest BCUT2D eigenvalue weighted by atomic mass is 35.5. The third-order valence-corrected chi connectivity index (χ3v) is 2.17. The SMILES string of the molecule is O=C1CCCN1/C=C/CCCCl. The Morgan fingerprint density at radius 3 is 3.00 bits per heavy atom. The van der Waals surface area contributed by atoms with Crippen molar-refractivity contribution in [3.8, 4) is 0 Å². The molecule has 0 aromatic heterocycles. The predicted octanol–water partition coefficient (Wildman–Crippen LogP) is 2.14. The second-order valence-corrected chi connectivity index (χ2v) is 3.28. The molecule has 1 rings (SSSR count). The third-order valence-electron chi connectivity index (χ3n) is 1.90. The molecule has 0 unspecified atom stereocenters. The van der Waals surface area contributed by atoms with E-state index >= 15 is 0 Å². The topological polar surface area (TPSA) is 20.3 Å². The van der Waals surface area contributed by atoms with Gasteiger partial charge in [-0.15, -0.1) is 11.6 Å². The molecule has 0 N–H and O–H groups in total. The summed E-state index contributed by atoms with van der Waals surface area (Å²) in [5.41, 5.74) is 0. The van der Waals surface area contributed by atoms with Crippen molar-refractivity contribution in [2.45, 2.75) is 25.7 Å². The van der Waals surface area contributed by atoms with Crippen molar-refractivity contribution in [2.24, 2.45) is 0 Å². The van der Waals surface area contributed by atoms with Crippen LogP contribution >= 0.6 is 11.6 Å². The van der Waals surface area contributed by atoms with E-state index in [1.54, 1.807) is 4.90 Å². The Morgan fingerprint density at radius 2 is 2.42 bits per heavy atom. The lowest BCUT2D eigenvalue weighted by Gasteiger charge is -2.07. The molecule has 0 saturated carbocycles. The lowest BCUT2D eigenvalue weighted by Crippen LogP contribution is -2.17. The van der Waals surface area contributed by atoms with Crippen molar-refractivity contribution in [1.82, 2.24) is 4.90 Å². The molecule has 1 amide bonds. The largest absolute Gasteiger partial charge is 0.319 e. The predicted molar refractivity (Wildman–Crippen MR) is 50.0 cm³/mol. The van der Waals surface area contributed by atoms with Crippen LogP contribution in [-0.2, 0) is 4.79 Å². The average molecular weight is 188 g/mol. The number of alkyl halides is 1. The number of likely N-dealkylation sites (tertiary alicyclic amines) is 1. The zero-order valence-electron chi connectivity index (χ0n) is 7.13. The highest BCUT2D eigenvalue weighted by Gasteiger charge is 2.16. The maximum Gasteiger partial charge on any atom is 0.226 e. The number of unbranched alkanes of at least 4 members (excludes halogenated alkanes) is 1. The third kappa shape index (κ3) is 2.86. The fourth-order valence-electron chi connectivity index (χ4n) is 1.22. The number of carbonyl (C=O) groups excluding carboxylic acids is 1. The Hall–Kier alpha value is -0.500. The van der Waals surface area contributed by atoms with Gasteiger partial charge in [0.1, 0.15) is 0 Å². The van der Waals surface area contributed by atoms with Crippen molar-refractivity contribution >= 4 is 17.5 Å². The standard InChI is InChI=1S/C9H14ClNO/c10-6-2-1-3-7-11-8-4-5-9(11)12/h3,7H,1-2,4-6,8H2/b7-3+. The molecule has 1 aliphatic heterocycles. The van der Waals surface area contributed by atoms with Gasteiger partial charge < -0.3 is 4.90 Å². The van der Waals surface area contributed by atoms with Gasteiger partial charge in [-0.25, -0.2) is 0 Å². The van der Waals surface area contributed by atoms with Crippen molar-refractivity contribution < 1.29 is 4.79 Å². The summed E-state index contributed by atoms with van der Waals surface area (Å²) in [6.45, 7) is 0.885. The normalized spacial score (nSPS) is 18.1. The lowest BCUT2D eigenvalue weighted by molar-refractivity contribution is -0.125. The van der Waals surface area contributed by atoms with E-state index in [-0.39, 0.29) is 5.91 Å². The molecule has 0 aliphatic carbocycles. The molecule has 1 aliphatic rings. The quantitative estimate of drug-likeness (QED) is 0.488. The summed E-state index contributed by atoms with van der Waals surface area (Å²) in [4.78, 5) is 12.9. The van der Waals surface area contributed by atoms with Crippen LogP contribution in [0, 0.1) is 0 Å². The van der Waals surface area contributed by atoms with Gasteiger partial charge in [0.25, 0.3) is 0 Å². The molecular weight excluding hydrogens is 174 g/mol. The van der Waals surface area contributed by atoms with E-state index in [1.165, 1.54) is 0 Å². The van der Waals surface area contributed by atoms with Crippen LogP contribution in [0.3, 0.4) is 0 Å². The van der Waals surface area contributed by atoms with Crippen LogP contribution in [0.4, 0.5) is 0 Å². The summed E-state index contributed by atoms with van der Waals surface area (Å²) in [5, 5.41) is 0. The molecule has 0 aromatic carbocycles. The van der Waals surface area contributed by atoms with Gasteiger partial charge >= 0.3 is 0 Å². The van der Waals surface area contributed by atoms with E-state index in [0.29, 0.717) is 12.3 Å². The summed E-state index contributed by atoms with van der Waals surface area (Å²) in [5.74, 6) is 0.940. The second kappa shape index (κ2) is 5.20. The van der Waals surface area contributed by atoms with Gasteiger partial charge in [-0.3, -0.25) is 4.79 Å². The first kappa shape index (κ1) is 9.59. The van der Waals surface area contributed by atoms with Crippen molar-refractivity contribution in [3.05, 3.63) is 12.3 Å². The number of nitrogens with zero attached hydrogens (tertiary/aromatic N) is 1. The first-order valence-corrected chi connectivity index (χ1v) is 4.90. The van der Waals surface area contributed by atoms with Crippen LogP contribution in [0.15, 0.2) is 12.3 Å². The van der Waals surface area contributed by atoms with E-state index in [0.717, 1.165) is 25.8 Å². The Kier molecular flexibility index (Phi) is 4.15. The van der Waals surface area contributed by atoms with E-state index in [9.17, 15) is 4.79 Å². The molecule has 1 heterocycles. The number of carbonyl (C=O) groups is 1. The van der Waals surface area contributed by atoms with Gasteiger partial charge in [-0.2, -0.15) is 0 Å². The summed E-state index contributed by atoms with van der Waals surface area (Å²) in [7, 11) is 0. The molecule has 3 heteroatoms. The summed E-state index contributed by atoms with van der Waals surface area (Å²) in [6, 6.07) is 0. The van der Waals surface area contributed by atoms with Gasteiger partial charge in [0.2, 0.25) is 5.91 Å². The summed E-state index contributed by atoms with van der Waals surface area (Å²) < 4.78 is 0. The molecule has 2 nitrogen and oxygen atoms in total. The van der Waals surface area contributed by atoms with Crippen LogP contribution in [0.2, 0.25) is 0 Å². The van der Waals surface area contributed by atoms with E-state index < -0.39 is 0 Å². The summed E-state index contributed by atoms with van der Waals surface area (Å²) in [6.07, 6.45) is 7.57. The monoisotopic (exact) mass is 187 g/mol. The van der Waals surface area contributed by atoms with Crippen molar-refractivity contribution in [3.63, 3.8) is 0 Å². The smallest absolute Gasteiger partial charge is 0.226 e. The minimum absolute atomic E-state index is 0.247. The molecule has 12 heavy (non-hydrogen) atoms. The number of halogens is 1. The van der Waals surface area contributed by atoms with Gasteiger partial charge in [-0.05, 0) is 19.3 Å². The number of allylic oxidation sites excluding steroid dienone is 1. The fraction of sp³-hybridized carbons (Fsp3) is 0.667. The zero-order chi connectivity index (χ0) is 8.81. The number of hydrogen-bond donors (Lipinski definition) is 0. The molecule has 0 bridgehead atoms. The van der Waals surface area contributed by atoms with Crippen LogP contribution in [0.25, 0.3) is 0 Å². The van der Waals surface area contributed by atoms with Crippen molar-refractivity contribution in [2.75, 3.05) is 12.4 Å². The van der Waals surface area contributed by atoms with Gasteiger partial charge in [0.15, 0.2) is 0 Å². The number of amides is 1. The maximum atomic E-state index is 11.1. The molecule has 0 aromatic rings. The lowest BCUT2D eigenvalue weighted by atomic mass is 10.3. The molecule has 0 atom stereocenters. The first-order chi connectivity index (χ1) is 5.84. The molecular formula is C9H14ClNO. The molecule has 68 valence electrons. The van der Waals surface area contributed by atoms with Gasteiger partial charge in [0.05, 0.1) is 0 Å². The molecule has 1 fully saturated rings. The first-order valence-electron chi connectivity index (χ1n) is 4.36. The maximum absolute atomic E-state index is 11.1. The Bertz CT molecular complexity index is 179. The minimum Gasteiger partial charge on any atom is -0.319 e. The van der Waals surface area contributed by atoms with E-state index in [4.69, 9.17) is 11.6 Å². The van der Waals surface area contributed by atoms with Crippen LogP contribution in [0.5, 0.6) is 0 Å². The van der Waals surface area contributed by atoms with Crippen LogP contribution in [-0.4, -0.2) is 23.2 Å². The van der Waals surface area contributed by atoms with E-state index in [1.807, 2.05) is 12.3 Å². The number of rotatable bonds is 4. The van der Waals surface area contributed by atoms with Gasteiger partial charge in [0, 0.05) is 25.0 Å². The fourth-order valence-corrected chi connectivity index (χ4v) is 1.38. The van der Waals surface area contributed by atoms with Gasteiger partial charge in [-0.1, -0.05) is 6.08 Å². The number of hydrogen-bond acceptors (Lipinski definition) is 1. The summed E-state index contributed by atoms with van der Waals surface area (Å²) >= 11 is 5.51. The van der Waals surface area contributed by atoms with E-state index in [2.05, 4.69) is 0 Å². The second-order valence-electron chi connectivity index (χ2n) is 2.91. The van der Waals surface area contributed by atoms with Crippen LogP contribution in [0.1, 0.15) is 25.7 Å².